The molecule has 0 radical (unpaired) electrons. The van der Waals surface area contributed by atoms with Crippen LogP contribution >= 0.6 is 23.4 Å². The van der Waals surface area contributed by atoms with Crippen LogP contribution in [0.4, 0.5) is 11.4 Å². The molecule has 2 aliphatic rings. The molecule has 2 N–H and O–H groups in total. The van der Waals surface area contributed by atoms with Crippen LogP contribution in [0.1, 0.15) is 40.7 Å². The third-order valence-electron chi connectivity index (χ3n) is 10.9. The standard InChI is InChI=1S/C45H50ClN5O3S2/c1-33-31-40(21-22-43(33)47-37(23-26-49(2)3)32-55-39-9-5-4-6-10-39)56(53,54)48-44(52)35-15-19-38(20-16-35)50-27-29-51(30-28-50)45(24-25-45)42-12-8-7-11-41(42)34-13-17-36(46)18-14-34/h4-22,31,37,47H,23-30,32H2,1-3H3,(H,48,52)/t37-/m1/s1. The van der Waals surface area contributed by atoms with E-state index in [1.807, 2.05) is 49.4 Å². The Morgan fingerprint density at radius 1 is 0.857 bits per heavy atom. The van der Waals surface area contributed by atoms with Gasteiger partial charge in [0.05, 0.1) is 4.90 Å². The lowest BCUT2D eigenvalue weighted by Crippen LogP contribution is -2.50. The molecule has 5 aromatic carbocycles. The Kier molecular flexibility index (Phi) is 12.4. The number of thioether (sulfide) groups is 1. The molecule has 1 saturated heterocycles. The smallest absolute Gasteiger partial charge is 0.264 e. The van der Waals surface area contributed by atoms with Crippen molar-refractivity contribution in [1.29, 1.82) is 0 Å². The summed E-state index contributed by atoms with van der Waals surface area (Å²) in [5.74, 6) is 0.210. The average Bonchev–Trinajstić information content (AvgIpc) is 4.02. The number of anilines is 2. The number of halogens is 1. The summed E-state index contributed by atoms with van der Waals surface area (Å²) in [5, 5.41) is 4.38. The van der Waals surface area contributed by atoms with E-state index in [0.717, 1.165) is 79.7 Å². The second-order valence-electron chi connectivity index (χ2n) is 15.1. The second kappa shape index (κ2) is 17.4. The van der Waals surface area contributed by atoms with Crippen LogP contribution < -0.4 is 14.9 Å². The predicted octanol–water partition coefficient (Wildman–Crippen LogP) is 8.77. The lowest BCUT2D eigenvalue weighted by Gasteiger charge is -2.41. The van der Waals surface area contributed by atoms with Gasteiger partial charge in [-0.1, -0.05) is 66.2 Å². The number of hydrogen-bond donors (Lipinski definition) is 2. The molecule has 1 saturated carbocycles. The summed E-state index contributed by atoms with van der Waals surface area (Å²) in [4.78, 5) is 21.6. The van der Waals surface area contributed by atoms with Crippen LogP contribution in [0.15, 0.2) is 131 Å². The fraction of sp³-hybridized carbons (Fsp3) is 0.311. The Morgan fingerprint density at radius 2 is 1.54 bits per heavy atom. The highest BCUT2D eigenvalue weighted by atomic mass is 35.5. The first-order chi connectivity index (χ1) is 27.0. The molecule has 0 bridgehead atoms. The highest BCUT2D eigenvalue weighted by Crippen LogP contribution is 2.54. The molecule has 1 amide bonds. The fourth-order valence-electron chi connectivity index (χ4n) is 7.61. The molecule has 1 aliphatic carbocycles. The number of carbonyl (C=O) groups excluding carboxylic acids is 1. The van der Waals surface area contributed by atoms with E-state index in [1.54, 1.807) is 42.1 Å². The molecule has 1 aliphatic heterocycles. The second-order valence-corrected chi connectivity index (χ2v) is 18.3. The number of benzene rings is 5. The molecule has 0 aromatic heterocycles. The molecule has 2 fully saturated rings. The summed E-state index contributed by atoms with van der Waals surface area (Å²) >= 11 is 7.99. The maximum Gasteiger partial charge on any atom is 0.264 e. The van der Waals surface area contributed by atoms with E-state index < -0.39 is 15.9 Å². The van der Waals surface area contributed by atoms with Crippen molar-refractivity contribution in [2.24, 2.45) is 0 Å². The number of carbonyl (C=O) groups is 1. The Hall–Kier alpha value is -4.32. The van der Waals surface area contributed by atoms with Crippen molar-refractivity contribution in [2.45, 2.75) is 47.6 Å². The minimum atomic E-state index is -4.09. The first-order valence-electron chi connectivity index (χ1n) is 19.2. The highest BCUT2D eigenvalue weighted by Gasteiger charge is 2.51. The number of rotatable bonds is 15. The van der Waals surface area contributed by atoms with Crippen LogP contribution in [0.2, 0.25) is 5.02 Å². The maximum absolute atomic E-state index is 13.4. The van der Waals surface area contributed by atoms with E-state index in [9.17, 15) is 13.2 Å². The van der Waals surface area contributed by atoms with Gasteiger partial charge in [-0.2, -0.15) is 0 Å². The quantitative estimate of drug-likeness (QED) is 0.102. The van der Waals surface area contributed by atoms with Crippen LogP contribution in [0.3, 0.4) is 0 Å². The monoisotopic (exact) mass is 807 g/mol. The Balaban J connectivity index is 0.949. The van der Waals surface area contributed by atoms with Gasteiger partial charge in [-0.15, -0.1) is 11.8 Å². The molecule has 292 valence electrons. The minimum absolute atomic E-state index is 0.0428. The summed E-state index contributed by atoms with van der Waals surface area (Å²) in [5.41, 5.74) is 6.84. The van der Waals surface area contributed by atoms with E-state index in [4.69, 9.17) is 11.6 Å². The number of aryl methyl sites for hydroxylation is 1. The molecule has 0 unspecified atom stereocenters. The van der Waals surface area contributed by atoms with Gasteiger partial charge in [0.15, 0.2) is 0 Å². The predicted molar refractivity (Wildman–Crippen MR) is 232 cm³/mol. The summed E-state index contributed by atoms with van der Waals surface area (Å²) in [6.45, 7) is 6.37. The minimum Gasteiger partial charge on any atom is -0.381 e. The lowest BCUT2D eigenvalue weighted by molar-refractivity contribution is 0.0981. The van der Waals surface area contributed by atoms with Crippen molar-refractivity contribution in [1.82, 2.24) is 14.5 Å². The summed E-state index contributed by atoms with van der Waals surface area (Å²) in [6.07, 6.45) is 3.20. The van der Waals surface area contributed by atoms with Crippen molar-refractivity contribution < 1.29 is 13.2 Å². The normalized spacial score (nSPS) is 16.1. The van der Waals surface area contributed by atoms with Crippen molar-refractivity contribution >= 4 is 50.7 Å². The molecule has 8 nitrogen and oxygen atoms in total. The summed E-state index contributed by atoms with van der Waals surface area (Å²) in [6, 6.07) is 39.5. The zero-order chi connectivity index (χ0) is 39.3. The zero-order valence-corrected chi connectivity index (χ0v) is 34.6. The number of sulfonamides is 1. The van der Waals surface area contributed by atoms with Gasteiger partial charge in [0.2, 0.25) is 0 Å². The fourth-order valence-corrected chi connectivity index (χ4v) is 9.79. The zero-order valence-electron chi connectivity index (χ0n) is 32.2. The lowest BCUT2D eigenvalue weighted by atomic mass is 9.92. The Morgan fingerprint density at radius 3 is 2.20 bits per heavy atom. The van der Waals surface area contributed by atoms with Gasteiger partial charge >= 0.3 is 0 Å². The third kappa shape index (κ3) is 9.44. The number of hydrogen-bond acceptors (Lipinski definition) is 8. The maximum atomic E-state index is 13.4. The van der Waals surface area contributed by atoms with Crippen molar-refractivity contribution in [3.8, 4) is 11.1 Å². The number of nitrogens with one attached hydrogen (secondary N) is 2. The molecular formula is C45H50ClN5O3S2. The molecule has 1 atom stereocenters. The van der Waals surface area contributed by atoms with Gasteiger partial charge in [0, 0.05) is 70.4 Å². The van der Waals surface area contributed by atoms with Gasteiger partial charge in [0.1, 0.15) is 0 Å². The van der Waals surface area contributed by atoms with Crippen LogP contribution in [-0.4, -0.2) is 82.7 Å². The SMILES string of the molecule is Cc1cc(S(=O)(=O)NC(=O)c2ccc(N3CCN(C4(c5ccccc5-c5ccc(Cl)cc5)CC4)CC3)cc2)ccc1N[C@H](CCN(C)C)CSc1ccccc1. The average molecular weight is 809 g/mol. The van der Waals surface area contributed by atoms with Crippen molar-refractivity contribution in [2.75, 3.05) is 62.8 Å². The van der Waals surface area contributed by atoms with E-state index >= 15 is 0 Å². The third-order valence-corrected chi connectivity index (χ3v) is 13.7. The summed E-state index contributed by atoms with van der Waals surface area (Å²) < 4.78 is 29.1. The number of nitrogens with zero attached hydrogens (tertiary/aromatic N) is 3. The summed E-state index contributed by atoms with van der Waals surface area (Å²) in [7, 11) is 0.0286. The van der Waals surface area contributed by atoms with Gasteiger partial charge in [-0.3, -0.25) is 9.69 Å². The Bertz CT molecular complexity index is 2220. The van der Waals surface area contributed by atoms with Gasteiger partial charge in [-0.05, 0) is 136 Å². The van der Waals surface area contributed by atoms with Gasteiger partial charge < -0.3 is 15.1 Å². The van der Waals surface area contributed by atoms with Crippen LogP contribution in [-0.2, 0) is 15.6 Å². The van der Waals surface area contributed by atoms with E-state index in [0.29, 0.717) is 5.56 Å². The van der Waals surface area contributed by atoms with Gasteiger partial charge in [0.25, 0.3) is 15.9 Å². The van der Waals surface area contributed by atoms with Gasteiger partial charge in [-0.25, -0.2) is 13.1 Å². The first-order valence-corrected chi connectivity index (χ1v) is 22.1. The largest absolute Gasteiger partial charge is 0.381 e. The van der Waals surface area contributed by atoms with E-state index in [-0.39, 0.29) is 16.5 Å². The Labute approximate surface area is 341 Å². The van der Waals surface area contributed by atoms with Crippen LogP contribution in [0.5, 0.6) is 0 Å². The highest BCUT2D eigenvalue weighted by molar-refractivity contribution is 7.99. The van der Waals surface area contributed by atoms with E-state index in [1.165, 1.54) is 21.6 Å². The first kappa shape index (κ1) is 39.9. The molecule has 11 heteroatoms. The van der Waals surface area contributed by atoms with Crippen molar-refractivity contribution in [3.05, 3.63) is 143 Å². The van der Waals surface area contributed by atoms with Crippen LogP contribution in [0, 0.1) is 6.92 Å². The number of amides is 1. The topological polar surface area (TPSA) is 85.0 Å². The molecular weight excluding hydrogens is 758 g/mol. The van der Waals surface area contributed by atoms with E-state index in [2.05, 4.69) is 87.4 Å². The van der Waals surface area contributed by atoms with Crippen molar-refractivity contribution in [3.63, 3.8) is 0 Å². The molecule has 0 spiro atoms. The molecule has 1 heterocycles. The molecule has 56 heavy (non-hydrogen) atoms. The molecule has 5 aromatic rings. The number of piperazine rings is 1. The molecule has 7 rings (SSSR count). The van der Waals surface area contributed by atoms with Crippen LogP contribution in [0.25, 0.3) is 11.1 Å².